The number of nitrogens with zero attached hydrogens (tertiary/aromatic N) is 3. The molecule has 2 amide bonds. The fraction of sp³-hybridized carbons (Fsp3) is 0.385. The van der Waals surface area contributed by atoms with E-state index in [1.807, 2.05) is 47.1 Å². The summed E-state index contributed by atoms with van der Waals surface area (Å²) >= 11 is 0. The summed E-state index contributed by atoms with van der Waals surface area (Å²) in [5.41, 5.74) is 3.23. The molecule has 2 aromatic carbocycles. The lowest BCUT2D eigenvalue weighted by molar-refractivity contribution is 0.159. The van der Waals surface area contributed by atoms with Gasteiger partial charge in [0.15, 0.2) is 0 Å². The smallest absolute Gasteiger partial charge is 0.320 e. The first-order chi connectivity index (χ1) is 16.2. The predicted molar refractivity (Wildman–Crippen MR) is 129 cm³/mol. The Labute approximate surface area is 194 Å². The molecule has 1 saturated carbocycles. The highest BCUT2D eigenvalue weighted by molar-refractivity contribution is 5.89. The maximum atomic E-state index is 13.1. The number of anilines is 1. The van der Waals surface area contributed by atoms with Gasteiger partial charge in [-0.1, -0.05) is 48.5 Å². The second-order valence-corrected chi connectivity index (χ2v) is 8.95. The van der Waals surface area contributed by atoms with E-state index in [0.29, 0.717) is 18.3 Å². The molecule has 2 heterocycles. The Morgan fingerprint density at radius 1 is 1.06 bits per heavy atom. The van der Waals surface area contributed by atoms with Crippen LogP contribution in [0.1, 0.15) is 35.9 Å². The molecule has 1 saturated heterocycles. The van der Waals surface area contributed by atoms with Crippen LogP contribution < -0.4 is 10.6 Å². The molecule has 2 N–H and O–H groups in total. The van der Waals surface area contributed by atoms with Crippen LogP contribution in [0.4, 0.5) is 10.6 Å². The molecule has 0 spiro atoms. The van der Waals surface area contributed by atoms with Crippen LogP contribution in [0, 0.1) is 0 Å². The van der Waals surface area contributed by atoms with Crippen molar-refractivity contribution in [2.75, 3.05) is 38.7 Å². The second-order valence-electron chi connectivity index (χ2n) is 8.95. The monoisotopic (exact) mass is 445 g/mol. The number of aromatic nitrogens is 2. The van der Waals surface area contributed by atoms with Gasteiger partial charge in [0.25, 0.3) is 0 Å². The minimum absolute atomic E-state index is 0.0141. The van der Waals surface area contributed by atoms with Crippen molar-refractivity contribution in [3.8, 4) is 5.69 Å². The molecule has 0 radical (unpaired) electrons. The van der Waals surface area contributed by atoms with E-state index in [4.69, 9.17) is 9.84 Å². The largest absolute Gasteiger partial charge is 0.383 e. The maximum absolute atomic E-state index is 13.1. The number of amides is 2. The van der Waals surface area contributed by atoms with Gasteiger partial charge in [-0.25, -0.2) is 9.48 Å². The van der Waals surface area contributed by atoms with Crippen molar-refractivity contribution in [3.05, 3.63) is 78.0 Å². The Kier molecular flexibility index (Phi) is 6.41. The van der Waals surface area contributed by atoms with Crippen LogP contribution in [0.5, 0.6) is 0 Å². The van der Waals surface area contributed by atoms with E-state index >= 15 is 0 Å². The maximum Gasteiger partial charge on any atom is 0.320 e. The molecule has 7 nitrogen and oxygen atoms in total. The summed E-state index contributed by atoms with van der Waals surface area (Å²) < 4.78 is 7.11. The molecule has 0 bridgehead atoms. The van der Waals surface area contributed by atoms with Crippen molar-refractivity contribution in [2.24, 2.45) is 0 Å². The number of rotatable bonds is 8. The number of likely N-dealkylation sites (tertiary alicyclic amines) is 1. The first kappa shape index (κ1) is 21.7. The average Bonchev–Trinajstić information content (AvgIpc) is 3.50. The van der Waals surface area contributed by atoms with E-state index in [-0.39, 0.29) is 18.0 Å². The van der Waals surface area contributed by atoms with Gasteiger partial charge in [0.05, 0.1) is 24.0 Å². The van der Waals surface area contributed by atoms with Gasteiger partial charge >= 0.3 is 6.03 Å². The number of hydrogen-bond donors (Lipinski definition) is 2. The van der Waals surface area contributed by atoms with Crippen LogP contribution in [-0.4, -0.2) is 60.1 Å². The van der Waals surface area contributed by atoms with Gasteiger partial charge in [0, 0.05) is 44.6 Å². The average molecular weight is 446 g/mol. The van der Waals surface area contributed by atoms with Crippen molar-refractivity contribution in [3.63, 3.8) is 0 Å². The first-order valence-corrected chi connectivity index (χ1v) is 11.7. The van der Waals surface area contributed by atoms with Gasteiger partial charge in [-0.3, -0.25) is 10.2 Å². The molecule has 2 aliphatic rings. The molecule has 33 heavy (non-hydrogen) atoms. The molecule has 2 atom stereocenters. The summed E-state index contributed by atoms with van der Waals surface area (Å²) in [7, 11) is 1.72. The van der Waals surface area contributed by atoms with E-state index in [1.54, 1.807) is 7.11 Å². The number of ether oxygens (including phenoxy) is 1. The van der Waals surface area contributed by atoms with Crippen LogP contribution in [-0.2, 0) is 4.74 Å². The van der Waals surface area contributed by atoms with Gasteiger partial charge in [-0.2, -0.15) is 5.10 Å². The Morgan fingerprint density at radius 2 is 1.79 bits per heavy atom. The Hall–Kier alpha value is -3.16. The van der Waals surface area contributed by atoms with Crippen LogP contribution >= 0.6 is 0 Å². The summed E-state index contributed by atoms with van der Waals surface area (Å²) in [5.74, 6) is 1.44. The van der Waals surface area contributed by atoms with Gasteiger partial charge in [0.1, 0.15) is 5.82 Å². The van der Waals surface area contributed by atoms with E-state index in [2.05, 4.69) is 39.8 Å². The van der Waals surface area contributed by atoms with E-state index in [0.717, 1.165) is 43.9 Å². The minimum Gasteiger partial charge on any atom is -0.383 e. The molecule has 5 rings (SSSR count). The highest BCUT2D eigenvalue weighted by atomic mass is 16.5. The zero-order chi connectivity index (χ0) is 22.6. The standard InChI is InChI=1S/C26H31N5O2/c1-33-15-14-30-17-22(19-8-4-2-5-9-19)24(18-30)27-26(32)28-25-16-23(20-12-13-20)29-31(25)21-10-6-3-7-11-21/h2-11,16,20,22,24H,12-15,17-18H2,1H3,(H2,27,28,32)/t22-,24+/m0/s1. The molecule has 1 aliphatic carbocycles. The van der Waals surface area contributed by atoms with E-state index in [9.17, 15) is 4.79 Å². The SMILES string of the molecule is COCCN1C[C@@H](NC(=O)Nc2cc(C3CC3)nn2-c2ccccc2)[C@H](c2ccccc2)C1. The zero-order valence-electron chi connectivity index (χ0n) is 19.0. The number of carbonyl (C=O) groups excluding carboxylic acids is 1. The number of benzene rings is 2. The molecule has 1 aliphatic heterocycles. The van der Waals surface area contributed by atoms with Crippen molar-refractivity contribution in [2.45, 2.75) is 30.7 Å². The summed E-state index contributed by atoms with van der Waals surface area (Å²) in [5, 5.41) is 11.1. The lowest BCUT2D eigenvalue weighted by Gasteiger charge is -2.20. The molecule has 7 heteroatoms. The van der Waals surface area contributed by atoms with Crippen LogP contribution in [0.3, 0.4) is 0 Å². The van der Waals surface area contributed by atoms with Crippen LogP contribution in [0.2, 0.25) is 0 Å². The Morgan fingerprint density at radius 3 is 2.48 bits per heavy atom. The summed E-state index contributed by atoms with van der Waals surface area (Å²) in [6.07, 6.45) is 2.32. The fourth-order valence-electron chi connectivity index (χ4n) is 4.63. The summed E-state index contributed by atoms with van der Waals surface area (Å²) in [4.78, 5) is 15.5. The van der Waals surface area contributed by atoms with Crippen molar-refractivity contribution in [1.82, 2.24) is 20.0 Å². The Bertz CT molecular complexity index is 1060. The lowest BCUT2D eigenvalue weighted by Crippen LogP contribution is -2.42. The van der Waals surface area contributed by atoms with Crippen LogP contribution in [0.15, 0.2) is 66.7 Å². The molecule has 172 valence electrons. The molecule has 3 aromatic rings. The number of hydrogen-bond acceptors (Lipinski definition) is 4. The summed E-state index contributed by atoms with van der Waals surface area (Å²) in [6.45, 7) is 3.22. The van der Waals surface area contributed by atoms with E-state index < -0.39 is 0 Å². The number of carbonyl (C=O) groups is 1. The third-order valence-electron chi connectivity index (χ3n) is 6.52. The number of para-hydroxylation sites is 1. The topological polar surface area (TPSA) is 71.4 Å². The van der Waals surface area contributed by atoms with Crippen molar-refractivity contribution < 1.29 is 9.53 Å². The Balaban J connectivity index is 1.32. The third kappa shape index (κ3) is 5.10. The normalized spacial score (nSPS) is 20.6. The fourth-order valence-corrected chi connectivity index (χ4v) is 4.63. The molecule has 0 unspecified atom stereocenters. The molecular weight excluding hydrogens is 414 g/mol. The quantitative estimate of drug-likeness (QED) is 0.550. The predicted octanol–water partition coefficient (Wildman–Crippen LogP) is 3.99. The highest BCUT2D eigenvalue weighted by Crippen LogP contribution is 2.40. The third-order valence-corrected chi connectivity index (χ3v) is 6.52. The second kappa shape index (κ2) is 9.77. The van der Waals surface area contributed by atoms with Crippen molar-refractivity contribution >= 4 is 11.8 Å². The van der Waals surface area contributed by atoms with Gasteiger partial charge in [-0.05, 0) is 30.5 Å². The van der Waals surface area contributed by atoms with Gasteiger partial charge in [0.2, 0.25) is 0 Å². The minimum atomic E-state index is -0.200. The number of methoxy groups -OCH3 is 1. The number of urea groups is 1. The highest BCUT2D eigenvalue weighted by Gasteiger charge is 2.35. The number of nitrogens with one attached hydrogen (secondary N) is 2. The van der Waals surface area contributed by atoms with Gasteiger partial charge < -0.3 is 10.1 Å². The van der Waals surface area contributed by atoms with E-state index in [1.165, 1.54) is 5.56 Å². The van der Waals surface area contributed by atoms with Gasteiger partial charge in [-0.15, -0.1) is 0 Å². The van der Waals surface area contributed by atoms with Crippen LogP contribution in [0.25, 0.3) is 5.69 Å². The molecule has 1 aromatic heterocycles. The molecule has 2 fully saturated rings. The lowest BCUT2D eigenvalue weighted by atomic mass is 9.94. The zero-order valence-corrected chi connectivity index (χ0v) is 19.0. The molecular formula is C26H31N5O2. The first-order valence-electron chi connectivity index (χ1n) is 11.7. The summed E-state index contributed by atoms with van der Waals surface area (Å²) in [6, 6.07) is 22.2. The van der Waals surface area contributed by atoms with Crippen molar-refractivity contribution in [1.29, 1.82) is 0 Å².